The molecule has 1 aromatic carbocycles. The van der Waals surface area contributed by atoms with Crippen LogP contribution in [0, 0.1) is 26.7 Å². The van der Waals surface area contributed by atoms with Gasteiger partial charge in [0.05, 0.1) is 5.92 Å². The van der Waals surface area contributed by atoms with E-state index in [-0.39, 0.29) is 23.8 Å². The Kier molecular flexibility index (Phi) is 5.87. The van der Waals surface area contributed by atoms with Crippen molar-refractivity contribution in [2.75, 3.05) is 13.1 Å². The summed E-state index contributed by atoms with van der Waals surface area (Å²) in [6, 6.07) is 5.99. The molecular formula is C22H29N3O3. The second-order valence-corrected chi connectivity index (χ2v) is 8.10. The highest BCUT2D eigenvalue weighted by molar-refractivity contribution is 5.94. The van der Waals surface area contributed by atoms with Crippen LogP contribution in [-0.2, 0) is 4.79 Å². The highest BCUT2D eigenvalue weighted by Gasteiger charge is 2.30. The van der Waals surface area contributed by atoms with Crippen LogP contribution in [0.1, 0.15) is 53.9 Å². The topological polar surface area (TPSA) is 75.4 Å². The molecule has 1 fully saturated rings. The summed E-state index contributed by atoms with van der Waals surface area (Å²) in [5, 5.41) is 6.97. The minimum absolute atomic E-state index is 0.0132. The zero-order valence-electron chi connectivity index (χ0n) is 17.3. The summed E-state index contributed by atoms with van der Waals surface area (Å²) in [5.41, 5.74) is 4.64. The van der Waals surface area contributed by atoms with E-state index < -0.39 is 0 Å². The van der Waals surface area contributed by atoms with Gasteiger partial charge in [-0.3, -0.25) is 9.59 Å². The largest absolute Gasteiger partial charge is 0.355 e. The van der Waals surface area contributed by atoms with Crippen LogP contribution < -0.4 is 5.32 Å². The van der Waals surface area contributed by atoms with Crippen molar-refractivity contribution >= 4 is 11.8 Å². The number of aryl methyl sites for hydroxylation is 3. The van der Waals surface area contributed by atoms with Gasteiger partial charge in [-0.2, -0.15) is 0 Å². The highest BCUT2D eigenvalue weighted by atomic mass is 16.5. The quantitative estimate of drug-likeness (QED) is 0.874. The fourth-order valence-corrected chi connectivity index (χ4v) is 4.00. The summed E-state index contributed by atoms with van der Waals surface area (Å²) in [6.07, 6.45) is 1.61. The Morgan fingerprint density at radius 1 is 1.18 bits per heavy atom. The molecule has 1 saturated heterocycles. The van der Waals surface area contributed by atoms with E-state index >= 15 is 0 Å². The average Bonchev–Trinajstić information content (AvgIpc) is 3.09. The van der Waals surface area contributed by atoms with Gasteiger partial charge in [0, 0.05) is 30.8 Å². The zero-order valence-corrected chi connectivity index (χ0v) is 17.3. The fraction of sp³-hybridized carbons (Fsp3) is 0.500. The number of likely N-dealkylation sites (tertiary alicyclic amines) is 1. The number of hydrogen-bond donors (Lipinski definition) is 1. The molecule has 2 amide bonds. The lowest BCUT2D eigenvalue weighted by Gasteiger charge is -2.31. The zero-order chi connectivity index (χ0) is 20.4. The Balaban J connectivity index is 1.76. The lowest BCUT2D eigenvalue weighted by molar-refractivity contribution is -0.126. The van der Waals surface area contributed by atoms with Gasteiger partial charge >= 0.3 is 0 Å². The van der Waals surface area contributed by atoms with E-state index in [1.54, 1.807) is 11.0 Å². The first-order valence-corrected chi connectivity index (χ1v) is 9.91. The van der Waals surface area contributed by atoms with Gasteiger partial charge in [-0.1, -0.05) is 22.9 Å². The Labute approximate surface area is 166 Å². The molecule has 1 aromatic heterocycles. The van der Waals surface area contributed by atoms with E-state index in [0.717, 1.165) is 29.5 Å². The monoisotopic (exact) mass is 383 g/mol. The van der Waals surface area contributed by atoms with Crippen molar-refractivity contribution in [3.8, 4) is 11.3 Å². The first kappa shape index (κ1) is 20.1. The van der Waals surface area contributed by atoms with Crippen LogP contribution in [0.4, 0.5) is 0 Å². The minimum atomic E-state index is -0.181. The van der Waals surface area contributed by atoms with Crippen molar-refractivity contribution < 1.29 is 14.1 Å². The lowest BCUT2D eigenvalue weighted by atomic mass is 9.96. The number of nitrogens with zero attached hydrogens (tertiary/aromatic N) is 2. The summed E-state index contributed by atoms with van der Waals surface area (Å²) in [6.45, 7) is 11.0. The Bertz CT molecular complexity index is 862. The van der Waals surface area contributed by atoms with Crippen LogP contribution in [-0.4, -0.2) is 41.0 Å². The third-order valence-electron chi connectivity index (χ3n) is 5.16. The summed E-state index contributed by atoms with van der Waals surface area (Å²) in [4.78, 5) is 27.0. The second-order valence-electron chi connectivity index (χ2n) is 8.10. The number of carbonyl (C=O) groups excluding carboxylic acids is 2. The van der Waals surface area contributed by atoms with E-state index in [2.05, 4.69) is 29.5 Å². The van der Waals surface area contributed by atoms with E-state index in [9.17, 15) is 9.59 Å². The van der Waals surface area contributed by atoms with Crippen LogP contribution in [0.3, 0.4) is 0 Å². The Morgan fingerprint density at radius 3 is 2.50 bits per heavy atom. The molecule has 1 aliphatic rings. The molecule has 2 aromatic rings. The first-order chi connectivity index (χ1) is 13.3. The molecule has 1 N–H and O–H groups in total. The lowest BCUT2D eigenvalue weighted by Crippen LogP contribution is -2.46. The predicted molar refractivity (Wildman–Crippen MR) is 108 cm³/mol. The Morgan fingerprint density at radius 2 is 1.86 bits per heavy atom. The molecule has 3 rings (SSSR count). The molecule has 0 bridgehead atoms. The molecule has 28 heavy (non-hydrogen) atoms. The molecule has 6 heteroatoms. The van der Waals surface area contributed by atoms with Gasteiger partial charge < -0.3 is 14.7 Å². The van der Waals surface area contributed by atoms with Crippen LogP contribution in [0.5, 0.6) is 0 Å². The number of rotatable bonds is 4. The number of benzene rings is 1. The van der Waals surface area contributed by atoms with Crippen LogP contribution in [0.25, 0.3) is 11.3 Å². The Hall–Kier alpha value is -2.63. The standard InChI is InChI=1S/C22H29N3O3/c1-13(2)23-21(26)17-7-6-8-25(12-17)22(27)18-11-19(28-24-18)20-15(4)9-14(3)10-16(20)5/h9-11,13,17H,6-8,12H2,1-5H3,(H,23,26). The molecule has 1 aliphatic heterocycles. The van der Waals surface area contributed by atoms with E-state index in [4.69, 9.17) is 4.52 Å². The third kappa shape index (κ3) is 4.26. The summed E-state index contributed by atoms with van der Waals surface area (Å²) >= 11 is 0. The van der Waals surface area contributed by atoms with Gasteiger partial charge in [0.15, 0.2) is 11.5 Å². The van der Waals surface area contributed by atoms with Crippen LogP contribution in [0.15, 0.2) is 22.7 Å². The molecule has 1 unspecified atom stereocenters. The van der Waals surface area contributed by atoms with Gasteiger partial charge in [-0.25, -0.2) is 0 Å². The SMILES string of the molecule is Cc1cc(C)c(-c2cc(C(=O)N3CCCC(C(=O)NC(C)C)C3)no2)c(C)c1. The maximum atomic E-state index is 12.9. The molecule has 0 aliphatic carbocycles. The van der Waals surface area contributed by atoms with Crippen LogP contribution in [0.2, 0.25) is 0 Å². The number of nitrogens with one attached hydrogen (secondary N) is 1. The number of piperidine rings is 1. The van der Waals surface area contributed by atoms with Crippen molar-refractivity contribution in [2.24, 2.45) is 5.92 Å². The maximum Gasteiger partial charge on any atom is 0.276 e. The molecule has 6 nitrogen and oxygen atoms in total. The van der Waals surface area contributed by atoms with Gasteiger partial charge in [-0.05, 0) is 58.6 Å². The van der Waals surface area contributed by atoms with Gasteiger partial charge in [-0.15, -0.1) is 0 Å². The van der Waals surface area contributed by atoms with E-state index in [0.29, 0.717) is 24.5 Å². The summed E-state index contributed by atoms with van der Waals surface area (Å²) in [7, 11) is 0. The number of amides is 2. The van der Waals surface area contributed by atoms with Gasteiger partial charge in [0.25, 0.3) is 5.91 Å². The minimum Gasteiger partial charge on any atom is -0.355 e. The molecule has 1 atom stereocenters. The van der Waals surface area contributed by atoms with Crippen LogP contribution >= 0.6 is 0 Å². The van der Waals surface area contributed by atoms with Crippen molar-refractivity contribution in [3.63, 3.8) is 0 Å². The highest BCUT2D eigenvalue weighted by Crippen LogP contribution is 2.29. The second kappa shape index (κ2) is 8.17. The van der Waals surface area contributed by atoms with Crippen molar-refractivity contribution in [1.82, 2.24) is 15.4 Å². The third-order valence-corrected chi connectivity index (χ3v) is 5.16. The normalized spacial score (nSPS) is 17.1. The first-order valence-electron chi connectivity index (χ1n) is 9.91. The fourth-order valence-electron chi connectivity index (χ4n) is 4.00. The number of carbonyl (C=O) groups is 2. The molecule has 150 valence electrons. The molecule has 0 spiro atoms. The summed E-state index contributed by atoms with van der Waals surface area (Å²) < 4.78 is 5.51. The maximum absolute atomic E-state index is 12.9. The molecule has 0 radical (unpaired) electrons. The van der Waals surface area contributed by atoms with Crippen molar-refractivity contribution in [3.05, 3.63) is 40.6 Å². The van der Waals surface area contributed by atoms with E-state index in [1.807, 2.05) is 27.7 Å². The number of hydrogen-bond acceptors (Lipinski definition) is 4. The predicted octanol–water partition coefficient (Wildman–Crippen LogP) is 3.64. The molecule has 0 saturated carbocycles. The van der Waals surface area contributed by atoms with Gasteiger partial charge in [0.2, 0.25) is 5.91 Å². The molecular weight excluding hydrogens is 354 g/mol. The van der Waals surface area contributed by atoms with Crippen molar-refractivity contribution in [2.45, 2.75) is 53.5 Å². The molecule has 2 heterocycles. The van der Waals surface area contributed by atoms with Gasteiger partial charge in [0.1, 0.15) is 0 Å². The smallest absolute Gasteiger partial charge is 0.276 e. The number of aromatic nitrogens is 1. The summed E-state index contributed by atoms with van der Waals surface area (Å²) in [5.74, 6) is 0.260. The van der Waals surface area contributed by atoms with E-state index in [1.165, 1.54) is 5.56 Å². The van der Waals surface area contributed by atoms with Crippen molar-refractivity contribution in [1.29, 1.82) is 0 Å². The average molecular weight is 383 g/mol.